The van der Waals surface area contributed by atoms with Crippen molar-refractivity contribution in [2.45, 2.75) is 6.04 Å². The number of carbonyl (C=O) groups is 1. The highest BCUT2D eigenvalue weighted by Gasteiger charge is 2.40. The minimum absolute atomic E-state index is 0.188. The number of carbonyl (C=O) groups excluding carboxylic acids is 1. The Bertz CT molecular complexity index is 150. The number of amides is 1. The maximum atomic E-state index is 10.3. The Morgan fingerprint density at radius 1 is 1.57 bits per heavy atom. The summed E-state index contributed by atoms with van der Waals surface area (Å²) in [6.07, 6.45) is 3.94. The fraction of sp³-hybridized carbons (Fsp3) is 0.400. The van der Waals surface area contributed by atoms with Gasteiger partial charge in [0.2, 0.25) is 5.91 Å². The first-order chi connectivity index (χ1) is 3.38. The van der Waals surface area contributed by atoms with Gasteiger partial charge < -0.3 is 5.32 Å². The Labute approximate surface area is 41.2 Å². The largest absolute Gasteiger partial charge is 0.348 e. The van der Waals surface area contributed by atoms with Gasteiger partial charge in [-0.1, -0.05) is 12.2 Å². The van der Waals surface area contributed by atoms with Crippen molar-refractivity contribution < 1.29 is 4.79 Å². The van der Waals surface area contributed by atoms with Gasteiger partial charge >= 0.3 is 0 Å². The second kappa shape index (κ2) is 0.735. The number of hydrogen-bond acceptors (Lipinski definition) is 1. The predicted molar refractivity (Wildman–Crippen MR) is 24.6 cm³/mol. The van der Waals surface area contributed by atoms with Gasteiger partial charge in [-0.05, 0) is 0 Å². The van der Waals surface area contributed by atoms with Crippen LogP contribution in [-0.4, -0.2) is 11.9 Å². The molecule has 2 nitrogen and oxygen atoms in total. The number of β-lactam (4-membered cyclic amide) rings is 1. The fourth-order valence-corrected chi connectivity index (χ4v) is 0.886. The summed E-state index contributed by atoms with van der Waals surface area (Å²) in [6.45, 7) is 0. The topological polar surface area (TPSA) is 29.1 Å². The molecule has 36 valence electrons. The molecule has 1 aliphatic heterocycles. The highest BCUT2D eigenvalue weighted by Crippen LogP contribution is 2.25. The lowest BCUT2D eigenvalue weighted by molar-refractivity contribution is -0.132. The van der Waals surface area contributed by atoms with E-state index >= 15 is 0 Å². The van der Waals surface area contributed by atoms with Crippen molar-refractivity contribution in [3.8, 4) is 0 Å². The second-order valence-corrected chi connectivity index (χ2v) is 1.95. The average Bonchev–Trinajstić information content (AvgIpc) is 1.59. The van der Waals surface area contributed by atoms with E-state index in [2.05, 4.69) is 5.32 Å². The van der Waals surface area contributed by atoms with E-state index in [0.717, 1.165) is 0 Å². The Hall–Kier alpha value is -0.790. The van der Waals surface area contributed by atoms with Gasteiger partial charge in [-0.3, -0.25) is 4.79 Å². The lowest BCUT2D eigenvalue weighted by atomic mass is 9.81. The average molecular weight is 95.1 g/mol. The molecule has 0 bridgehead atoms. The third-order valence-corrected chi connectivity index (χ3v) is 1.52. The Balaban J connectivity index is 2.29. The van der Waals surface area contributed by atoms with Crippen molar-refractivity contribution in [1.29, 1.82) is 0 Å². The molecule has 2 aliphatic rings. The second-order valence-electron chi connectivity index (χ2n) is 1.95. The first-order valence-electron chi connectivity index (χ1n) is 2.36. The summed E-state index contributed by atoms with van der Waals surface area (Å²) in [5, 5.41) is 2.72. The SMILES string of the molecule is O=C1N[C@H]2C=CC12. The normalized spacial score (nSPS) is 43.1. The van der Waals surface area contributed by atoms with Crippen molar-refractivity contribution in [3.05, 3.63) is 12.2 Å². The van der Waals surface area contributed by atoms with E-state index in [9.17, 15) is 4.79 Å². The van der Waals surface area contributed by atoms with Gasteiger partial charge in [-0.15, -0.1) is 0 Å². The lowest BCUT2D eigenvalue weighted by Crippen LogP contribution is -2.60. The molecular weight excluding hydrogens is 90.1 g/mol. The molecule has 0 aromatic carbocycles. The van der Waals surface area contributed by atoms with Crippen LogP contribution in [-0.2, 0) is 4.79 Å². The number of hydrogen-bond donors (Lipinski definition) is 1. The van der Waals surface area contributed by atoms with E-state index in [1.54, 1.807) is 0 Å². The molecule has 1 saturated heterocycles. The molecule has 0 saturated carbocycles. The van der Waals surface area contributed by atoms with E-state index in [-0.39, 0.29) is 11.8 Å². The summed E-state index contributed by atoms with van der Waals surface area (Å²) < 4.78 is 0. The minimum atomic E-state index is 0.188. The van der Waals surface area contributed by atoms with Gasteiger partial charge in [-0.25, -0.2) is 0 Å². The standard InChI is InChI=1S/C5H5NO/c7-5-3-1-2-4(3)6-5/h1-4H,(H,6,7)/t3?,4-/m0/s1. The Morgan fingerprint density at radius 3 is 2.43 bits per heavy atom. The molecule has 0 aromatic rings. The predicted octanol–water partition coefficient (Wildman–Crippen LogP) is -0.329. The summed E-state index contributed by atoms with van der Waals surface area (Å²) in [6, 6.07) is 0.410. The molecule has 1 fully saturated rings. The van der Waals surface area contributed by atoms with Crippen molar-refractivity contribution in [1.82, 2.24) is 5.32 Å². The molecule has 0 spiro atoms. The molecule has 1 unspecified atom stereocenters. The van der Waals surface area contributed by atoms with E-state index in [4.69, 9.17) is 0 Å². The van der Waals surface area contributed by atoms with Crippen LogP contribution >= 0.6 is 0 Å². The molecular formula is C5H5NO. The number of nitrogens with one attached hydrogen (secondary N) is 1. The van der Waals surface area contributed by atoms with Crippen LogP contribution < -0.4 is 5.32 Å². The van der Waals surface area contributed by atoms with Gasteiger partial charge in [0, 0.05) is 0 Å². The summed E-state index contributed by atoms with van der Waals surface area (Å²) in [5.74, 6) is 0.438. The first kappa shape index (κ1) is 3.24. The Kier molecular flexibility index (Phi) is 0.340. The van der Waals surface area contributed by atoms with Gasteiger partial charge in [0.05, 0.1) is 12.0 Å². The van der Waals surface area contributed by atoms with E-state index in [1.807, 2.05) is 12.2 Å². The molecule has 1 aliphatic carbocycles. The van der Waals surface area contributed by atoms with Gasteiger partial charge in [0.15, 0.2) is 0 Å². The highest BCUT2D eigenvalue weighted by atomic mass is 16.2. The monoisotopic (exact) mass is 95.0 g/mol. The molecule has 1 heterocycles. The quantitative estimate of drug-likeness (QED) is 0.324. The van der Waals surface area contributed by atoms with Crippen LogP contribution in [0.4, 0.5) is 0 Å². The lowest BCUT2D eigenvalue weighted by Gasteiger charge is -2.38. The van der Waals surface area contributed by atoms with E-state index < -0.39 is 0 Å². The minimum Gasteiger partial charge on any atom is -0.348 e. The van der Waals surface area contributed by atoms with Crippen molar-refractivity contribution in [2.24, 2.45) is 5.92 Å². The summed E-state index contributed by atoms with van der Waals surface area (Å²) in [5.41, 5.74) is 0. The molecule has 1 N–H and O–H groups in total. The summed E-state index contributed by atoms with van der Waals surface area (Å²) in [7, 11) is 0. The van der Waals surface area contributed by atoms with Gasteiger partial charge in [0.25, 0.3) is 0 Å². The zero-order valence-electron chi connectivity index (χ0n) is 3.72. The maximum Gasteiger partial charge on any atom is 0.229 e. The zero-order valence-corrected chi connectivity index (χ0v) is 3.72. The van der Waals surface area contributed by atoms with Crippen LogP contribution in [0.15, 0.2) is 12.2 Å². The molecule has 7 heavy (non-hydrogen) atoms. The van der Waals surface area contributed by atoms with Crippen LogP contribution in [0.1, 0.15) is 0 Å². The van der Waals surface area contributed by atoms with Crippen LogP contribution in [0.2, 0.25) is 0 Å². The maximum absolute atomic E-state index is 10.3. The third kappa shape index (κ3) is 0.204. The van der Waals surface area contributed by atoms with E-state index in [0.29, 0.717) is 6.04 Å². The smallest absolute Gasteiger partial charge is 0.229 e. The van der Waals surface area contributed by atoms with Gasteiger partial charge in [0.1, 0.15) is 0 Å². The number of rotatable bonds is 0. The third-order valence-electron chi connectivity index (χ3n) is 1.52. The fourth-order valence-electron chi connectivity index (χ4n) is 0.886. The highest BCUT2D eigenvalue weighted by molar-refractivity contribution is 5.90. The van der Waals surface area contributed by atoms with E-state index in [1.165, 1.54) is 0 Å². The molecule has 2 atom stereocenters. The molecule has 0 aromatic heterocycles. The van der Waals surface area contributed by atoms with Crippen molar-refractivity contribution in [3.63, 3.8) is 0 Å². The molecule has 2 rings (SSSR count). The van der Waals surface area contributed by atoms with Crippen LogP contribution in [0.5, 0.6) is 0 Å². The Morgan fingerprint density at radius 2 is 2.43 bits per heavy atom. The van der Waals surface area contributed by atoms with Crippen LogP contribution in [0, 0.1) is 5.92 Å². The van der Waals surface area contributed by atoms with Crippen molar-refractivity contribution >= 4 is 5.91 Å². The number of fused-ring (bicyclic) bond motifs is 1. The van der Waals surface area contributed by atoms with Crippen LogP contribution in [0.3, 0.4) is 0 Å². The van der Waals surface area contributed by atoms with Gasteiger partial charge in [-0.2, -0.15) is 0 Å². The van der Waals surface area contributed by atoms with Crippen molar-refractivity contribution in [2.75, 3.05) is 0 Å². The van der Waals surface area contributed by atoms with Crippen LogP contribution in [0.25, 0.3) is 0 Å². The summed E-state index contributed by atoms with van der Waals surface area (Å²) in [4.78, 5) is 10.3. The first-order valence-corrected chi connectivity index (χ1v) is 2.36. The molecule has 1 amide bonds. The summed E-state index contributed by atoms with van der Waals surface area (Å²) >= 11 is 0. The molecule has 0 radical (unpaired) electrons. The zero-order chi connectivity index (χ0) is 4.85. The molecule has 2 heteroatoms.